The van der Waals surface area contributed by atoms with Gasteiger partial charge in [-0.25, -0.2) is 0 Å². The quantitative estimate of drug-likeness (QED) is 0.662. The van der Waals surface area contributed by atoms with E-state index < -0.39 is 7.12 Å². The van der Waals surface area contributed by atoms with Gasteiger partial charge in [0.2, 0.25) is 5.91 Å². The van der Waals surface area contributed by atoms with E-state index in [1.807, 2.05) is 0 Å². The fourth-order valence-electron chi connectivity index (χ4n) is 1.63. The predicted octanol–water partition coefficient (Wildman–Crippen LogP) is 1.13. The molecule has 0 fully saturated rings. The largest absolute Gasteiger partial charge is 0.488 e. The topological polar surface area (TPSA) is 69.6 Å². The van der Waals surface area contributed by atoms with Crippen LogP contribution < -0.4 is 10.8 Å². The number of anilines is 1. The Kier molecular flexibility index (Phi) is 5.88. The van der Waals surface area contributed by atoms with Gasteiger partial charge in [0.1, 0.15) is 0 Å². The number of hydrogen-bond donors (Lipinski definition) is 3. The van der Waals surface area contributed by atoms with Gasteiger partial charge >= 0.3 is 7.12 Å². The Morgan fingerprint density at radius 3 is 2.39 bits per heavy atom. The predicted molar refractivity (Wildman–Crippen MR) is 73.6 cm³/mol. The van der Waals surface area contributed by atoms with Gasteiger partial charge < -0.3 is 15.4 Å². The highest BCUT2D eigenvalue weighted by molar-refractivity contribution is 6.58. The van der Waals surface area contributed by atoms with Gasteiger partial charge in [-0.15, -0.1) is 0 Å². The third-order valence-corrected chi connectivity index (χ3v) is 2.68. The van der Waals surface area contributed by atoms with Gasteiger partial charge in [0.15, 0.2) is 0 Å². The molecule has 1 amide bonds. The number of amides is 1. The van der Waals surface area contributed by atoms with Crippen LogP contribution in [0, 0.1) is 5.92 Å². The van der Waals surface area contributed by atoms with E-state index in [4.69, 9.17) is 10.0 Å². The van der Waals surface area contributed by atoms with Gasteiger partial charge in [-0.3, -0.25) is 4.79 Å². The summed E-state index contributed by atoms with van der Waals surface area (Å²) in [5.41, 5.74) is 1.08. The minimum Gasteiger partial charge on any atom is -0.423 e. The van der Waals surface area contributed by atoms with Crippen LogP contribution in [0.3, 0.4) is 0 Å². The summed E-state index contributed by atoms with van der Waals surface area (Å²) in [7, 11) is -1.47. The summed E-state index contributed by atoms with van der Waals surface area (Å²) in [4.78, 5) is 11.6. The lowest BCUT2D eigenvalue weighted by Crippen LogP contribution is -2.29. The summed E-state index contributed by atoms with van der Waals surface area (Å²) >= 11 is 0. The Bertz CT molecular complexity index is 376. The molecule has 0 aliphatic rings. The van der Waals surface area contributed by atoms with Crippen molar-refractivity contribution in [3.63, 3.8) is 0 Å². The molecule has 1 aromatic rings. The fraction of sp³-hybridized carbons (Fsp3) is 0.462. The average molecular weight is 249 g/mol. The van der Waals surface area contributed by atoms with Crippen molar-refractivity contribution in [2.75, 3.05) is 5.32 Å². The van der Waals surface area contributed by atoms with Gasteiger partial charge in [0.05, 0.1) is 0 Å². The molecule has 0 aliphatic carbocycles. The smallest absolute Gasteiger partial charge is 0.423 e. The second-order valence-corrected chi connectivity index (χ2v) is 4.83. The monoisotopic (exact) mass is 249 g/mol. The molecule has 4 nitrogen and oxygen atoms in total. The highest BCUT2D eigenvalue weighted by Gasteiger charge is 2.10. The van der Waals surface area contributed by atoms with E-state index in [-0.39, 0.29) is 5.91 Å². The summed E-state index contributed by atoms with van der Waals surface area (Å²) < 4.78 is 0. The lowest BCUT2D eigenvalue weighted by Gasteiger charge is -2.07. The molecule has 0 heterocycles. The molecule has 0 unspecified atom stereocenters. The highest BCUT2D eigenvalue weighted by atomic mass is 16.4. The Hall–Kier alpha value is -1.33. The molecule has 0 aromatic heterocycles. The molecule has 18 heavy (non-hydrogen) atoms. The zero-order chi connectivity index (χ0) is 13.5. The Labute approximate surface area is 108 Å². The maximum absolute atomic E-state index is 11.6. The van der Waals surface area contributed by atoms with Gasteiger partial charge in [-0.05, 0) is 29.9 Å². The maximum Gasteiger partial charge on any atom is 0.488 e. The van der Waals surface area contributed by atoms with E-state index >= 15 is 0 Å². The first-order chi connectivity index (χ1) is 8.49. The molecule has 0 atom stereocenters. The van der Waals surface area contributed by atoms with Gasteiger partial charge in [-0.2, -0.15) is 0 Å². The van der Waals surface area contributed by atoms with E-state index in [2.05, 4.69) is 19.2 Å². The van der Waals surface area contributed by atoms with Crippen molar-refractivity contribution in [1.82, 2.24) is 0 Å². The summed E-state index contributed by atoms with van der Waals surface area (Å²) in [6.45, 7) is 4.27. The number of carbonyl (C=O) groups excluding carboxylic acids is 1. The average Bonchev–Trinajstić information content (AvgIpc) is 2.29. The molecule has 0 aliphatic heterocycles. The van der Waals surface area contributed by atoms with Crippen LogP contribution >= 0.6 is 0 Å². The Morgan fingerprint density at radius 2 is 1.89 bits per heavy atom. The standard InChI is InChI=1S/C13H20BNO3/c1-10(2)4-3-5-13(16)15-12-8-6-11(7-9-12)14(17)18/h6-10,17-18H,3-5H2,1-2H3,(H,15,16). The molecule has 98 valence electrons. The van der Waals surface area contributed by atoms with Crippen molar-refractivity contribution >= 4 is 24.2 Å². The van der Waals surface area contributed by atoms with Crippen LogP contribution in [0.2, 0.25) is 0 Å². The minimum absolute atomic E-state index is 0.00653. The molecular weight excluding hydrogens is 229 g/mol. The van der Waals surface area contributed by atoms with Crippen LogP contribution in [-0.2, 0) is 4.79 Å². The number of benzene rings is 1. The molecule has 1 aromatic carbocycles. The molecule has 5 heteroatoms. The van der Waals surface area contributed by atoms with E-state index in [1.54, 1.807) is 24.3 Å². The fourth-order valence-corrected chi connectivity index (χ4v) is 1.63. The molecule has 0 radical (unpaired) electrons. The summed E-state index contributed by atoms with van der Waals surface area (Å²) in [6.07, 6.45) is 2.45. The molecule has 0 bridgehead atoms. The van der Waals surface area contributed by atoms with Gasteiger partial charge in [-0.1, -0.05) is 32.4 Å². The van der Waals surface area contributed by atoms with Crippen LogP contribution in [0.15, 0.2) is 24.3 Å². The summed E-state index contributed by atoms with van der Waals surface area (Å²) in [6, 6.07) is 6.48. The molecule has 3 N–H and O–H groups in total. The molecule has 0 saturated heterocycles. The van der Waals surface area contributed by atoms with Crippen LogP contribution in [0.5, 0.6) is 0 Å². The molecule has 0 spiro atoms. The van der Waals surface area contributed by atoms with Crippen LogP contribution in [0.1, 0.15) is 33.1 Å². The van der Waals surface area contributed by atoms with Crippen LogP contribution in [0.4, 0.5) is 5.69 Å². The van der Waals surface area contributed by atoms with Crippen molar-refractivity contribution in [1.29, 1.82) is 0 Å². The lowest BCUT2D eigenvalue weighted by molar-refractivity contribution is -0.116. The molecule has 1 rings (SSSR count). The zero-order valence-corrected chi connectivity index (χ0v) is 10.9. The van der Waals surface area contributed by atoms with Gasteiger partial charge in [0.25, 0.3) is 0 Å². The van der Waals surface area contributed by atoms with Crippen LogP contribution in [-0.4, -0.2) is 23.1 Å². The van der Waals surface area contributed by atoms with Crippen molar-refractivity contribution in [3.05, 3.63) is 24.3 Å². The van der Waals surface area contributed by atoms with Crippen molar-refractivity contribution in [2.24, 2.45) is 5.92 Å². The van der Waals surface area contributed by atoms with Crippen molar-refractivity contribution < 1.29 is 14.8 Å². The highest BCUT2D eigenvalue weighted by Crippen LogP contribution is 2.09. The minimum atomic E-state index is -1.47. The van der Waals surface area contributed by atoms with Crippen LogP contribution in [0.25, 0.3) is 0 Å². The number of carbonyl (C=O) groups is 1. The van der Waals surface area contributed by atoms with Crippen molar-refractivity contribution in [3.8, 4) is 0 Å². The number of rotatable bonds is 6. The second-order valence-electron chi connectivity index (χ2n) is 4.83. The zero-order valence-electron chi connectivity index (χ0n) is 10.9. The van der Waals surface area contributed by atoms with E-state index in [1.165, 1.54) is 0 Å². The third-order valence-electron chi connectivity index (χ3n) is 2.68. The SMILES string of the molecule is CC(C)CCCC(=O)Nc1ccc(B(O)O)cc1. The normalized spacial score (nSPS) is 10.5. The van der Waals surface area contributed by atoms with E-state index in [0.29, 0.717) is 23.5 Å². The first kappa shape index (κ1) is 14.7. The first-order valence-corrected chi connectivity index (χ1v) is 6.25. The Morgan fingerprint density at radius 1 is 1.28 bits per heavy atom. The van der Waals surface area contributed by atoms with E-state index in [9.17, 15) is 4.79 Å². The number of nitrogens with one attached hydrogen (secondary N) is 1. The van der Waals surface area contributed by atoms with Crippen molar-refractivity contribution in [2.45, 2.75) is 33.1 Å². The maximum atomic E-state index is 11.6. The number of hydrogen-bond acceptors (Lipinski definition) is 3. The lowest BCUT2D eigenvalue weighted by atomic mass is 9.80. The first-order valence-electron chi connectivity index (χ1n) is 6.25. The van der Waals surface area contributed by atoms with E-state index in [0.717, 1.165) is 12.8 Å². The second kappa shape index (κ2) is 7.19. The third kappa shape index (κ3) is 5.34. The van der Waals surface area contributed by atoms with Gasteiger partial charge in [0, 0.05) is 12.1 Å². The molecular formula is C13H20BNO3. The Balaban J connectivity index is 2.40. The molecule has 0 saturated carbocycles. The summed E-state index contributed by atoms with van der Waals surface area (Å²) in [5, 5.41) is 20.6. The summed E-state index contributed by atoms with van der Waals surface area (Å²) in [5.74, 6) is 0.607.